The summed E-state index contributed by atoms with van der Waals surface area (Å²) in [6.45, 7) is 7.20. The zero-order valence-electron chi connectivity index (χ0n) is 21.7. The fourth-order valence-electron chi connectivity index (χ4n) is 5.71. The molecule has 5 rings (SSSR count). The molecule has 0 spiro atoms. The Bertz CT molecular complexity index is 1230. The molecule has 8 heteroatoms. The number of aromatic amines is 1. The van der Waals surface area contributed by atoms with E-state index in [9.17, 15) is 4.39 Å². The third-order valence-corrected chi connectivity index (χ3v) is 8.02. The Morgan fingerprint density at radius 3 is 2.51 bits per heavy atom. The Kier molecular flexibility index (Phi) is 7.24. The largest absolute Gasteiger partial charge is 0.492 e. The maximum Gasteiger partial charge on any atom is 0.135 e. The van der Waals surface area contributed by atoms with Gasteiger partial charge in [-0.05, 0) is 38.3 Å². The summed E-state index contributed by atoms with van der Waals surface area (Å²) in [4.78, 5) is 7.33. The number of hydrogen-bond donors (Lipinski definition) is 1. The molecule has 3 aromatic rings. The summed E-state index contributed by atoms with van der Waals surface area (Å²) in [5.74, 6) is -1.26. The lowest BCUT2D eigenvalue weighted by atomic mass is 9.86. The number of hydrogen-bond acceptors (Lipinski definition) is 3. The minimum absolute atomic E-state index is 0.0526. The van der Waals surface area contributed by atoms with Crippen LogP contribution in [0, 0.1) is 17.6 Å². The predicted octanol–water partition coefficient (Wildman–Crippen LogP) is 6.20. The van der Waals surface area contributed by atoms with Gasteiger partial charge in [-0.15, -0.1) is 0 Å². The minimum Gasteiger partial charge on any atom is -0.492 e. The Hall–Kier alpha value is -2.58. The van der Waals surface area contributed by atoms with Crippen molar-refractivity contribution in [3.05, 3.63) is 64.9 Å². The van der Waals surface area contributed by atoms with E-state index in [0.717, 1.165) is 16.5 Å². The van der Waals surface area contributed by atoms with E-state index in [1.807, 2.05) is 41.0 Å². The highest BCUT2D eigenvalue weighted by atomic mass is 19.1. The molecule has 0 unspecified atom stereocenters. The lowest BCUT2D eigenvalue weighted by molar-refractivity contribution is 0.0514. The van der Waals surface area contributed by atoms with Crippen molar-refractivity contribution in [2.24, 2.45) is 5.92 Å². The fraction of sp³-hybridized carbons (Fsp3) is 0.517. The Labute approximate surface area is 215 Å². The van der Waals surface area contributed by atoms with Gasteiger partial charge in [0.25, 0.3) is 0 Å². The predicted molar refractivity (Wildman–Crippen MR) is 138 cm³/mol. The number of halogens is 4. The zero-order chi connectivity index (χ0) is 26.3. The van der Waals surface area contributed by atoms with Crippen LogP contribution in [0.25, 0.3) is 10.9 Å². The van der Waals surface area contributed by atoms with Crippen LogP contribution in [0.15, 0.2) is 36.4 Å². The average Bonchev–Trinajstić information content (AvgIpc) is 3.20. The Balaban J connectivity index is 1.47. The number of ether oxygens (including phenoxy) is 1. The molecule has 4 nitrogen and oxygen atoms in total. The SMILES string of the molecule is CC[C@](C)(F)CN1[C@H](c2c(F)cc(OCCN3CC(CF)C3)cc2F)c2[nH]c3ccccc3c2C[C@H]1C. The first-order valence-corrected chi connectivity index (χ1v) is 13.1. The van der Waals surface area contributed by atoms with Gasteiger partial charge in [0.2, 0.25) is 0 Å². The molecule has 1 saturated heterocycles. The first-order chi connectivity index (χ1) is 17.7. The van der Waals surface area contributed by atoms with Gasteiger partial charge < -0.3 is 9.72 Å². The number of nitrogens with zero attached hydrogens (tertiary/aromatic N) is 2. The van der Waals surface area contributed by atoms with E-state index in [-0.39, 0.29) is 43.1 Å². The molecule has 2 aromatic carbocycles. The number of rotatable bonds is 9. The van der Waals surface area contributed by atoms with Gasteiger partial charge in [0, 0.05) is 72.4 Å². The van der Waals surface area contributed by atoms with Crippen molar-refractivity contribution < 1.29 is 22.3 Å². The maximum atomic E-state index is 15.7. The second-order valence-electron chi connectivity index (χ2n) is 10.9. The quantitative estimate of drug-likeness (QED) is 0.343. The van der Waals surface area contributed by atoms with Crippen molar-refractivity contribution in [3.8, 4) is 5.75 Å². The number of benzene rings is 2. The van der Waals surface area contributed by atoms with Crippen molar-refractivity contribution in [1.29, 1.82) is 0 Å². The van der Waals surface area contributed by atoms with Crippen LogP contribution in [0.2, 0.25) is 0 Å². The highest BCUT2D eigenvalue weighted by Gasteiger charge is 2.41. The van der Waals surface area contributed by atoms with Crippen LogP contribution in [0.4, 0.5) is 17.6 Å². The summed E-state index contributed by atoms with van der Waals surface area (Å²) >= 11 is 0. The van der Waals surface area contributed by atoms with Gasteiger partial charge in [-0.3, -0.25) is 14.2 Å². The highest BCUT2D eigenvalue weighted by Crippen LogP contribution is 2.44. The van der Waals surface area contributed by atoms with Crippen LogP contribution in [0.5, 0.6) is 5.75 Å². The molecule has 37 heavy (non-hydrogen) atoms. The van der Waals surface area contributed by atoms with Crippen molar-refractivity contribution in [3.63, 3.8) is 0 Å². The fourth-order valence-corrected chi connectivity index (χ4v) is 5.71. The first-order valence-electron chi connectivity index (χ1n) is 13.1. The molecule has 1 aromatic heterocycles. The van der Waals surface area contributed by atoms with E-state index < -0.39 is 23.3 Å². The normalized spacial score (nSPS) is 22.6. The number of likely N-dealkylation sites (tertiary alicyclic amines) is 1. The number of H-pyrrole nitrogens is 1. The van der Waals surface area contributed by atoms with Crippen molar-refractivity contribution in [2.45, 2.75) is 51.4 Å². The van der Waals surface area contributed by atoms with Crippen LogP contribution in [-0.4, -0.2) is 66.0 Å². The third-order valence-electron chi connectivity index (χ3n) is 8.02. The molecule has 2 aliphatic rings. The van der Waals surface area contributed by atoms with Crippen LogP contribution in [0.1, 0.15) is 50.1 Å². The molecule has 2 aliphatic heterocycles. The summed E-state index contributed by atoms with van der Waals surface area (Å²) in [6.07, 6.45) is 0.948. The lowest BCUT2D eigenvalue weighted by Crippen LogP contribution is -2.49. The standard InChI is InChI=1S/C29H35F4N3O/c1-4-29(3,33)17-36-18(2)11-22-21-7-5-6-8-25(21)34-27(22)28(36)26-23(31)12-20(13-24(26)32)37-10-9-35-15-19(14-30)16-35/h5-8,12-13,18-19,28,34H,4,9-11,14-17H2,1-3H3/t18-,28-,29+/m1/s1. The lowest BCUT2D eigenvalue weighted by Gasteiger charge is -2.43. The number of nitrogens with one attached hydrogen (secondary N) is 1. The van der Waals surface area contributed by atoms with E-state index in [0.29, 0.717) is 38.2 Å². The number of fused-ring (bicyclic) bond motifs is 3. The van der Waals surface area contributed by atoms with Gasteiger partial charge in [0.05, 0.1) is 12.7 Å². The van der Waals surface area contributed by atoms with Gasteiger partial charge in [0.15, 0.2) is 0 Å². The number of alkyl halides is 2. The molecule has 0 amide bonds. The molecule has 1 N–H and O–H groups in total. The van der Waals surface area contributed by atoms with E-state index >= 15 is 13.2 Å². The van der Waals surface area contributed by atoms with E-state index in [1.165, 1.54) is 19.1 Å². The topological polar surface area (TPSA) is 31.5 Å². The molecular weight excluding hydrogens is 482 g/mol. The van der Waals surface area contributed by atoms with Gasteiger partial charge >= 0.3 is 0 Å². The molecule has 0 radical (unpaired) electrons. The third kappa shape index (κ3) is 5.10. The summed E-state index contributed by atoms with van der Waals surface area (Å²) in [6, 6.07) is 9.32. The monoisotopic (exact) mass is 517 g/mol. The molecule has 3 heterocycles. The molecule has 0 saturated carbocycles. The van der Waals surface area contributed by atoms with Crippen molar-refractivity contribution in [1.82, 2.24) is 14.8 Å². The Morgan fingerprint density at radius 2 is 1.84 bits per heavy atom. The summed E-state index contributed by atoms with van der Waals surface area (Å²) in [5, 5.41) is 1.02. The molecule has 3 atom stereocenters. The average molecular weight is 518 g/mol. The summed E-state index contributed by atoms with van der Waals surface area (Å²) in [5.41, 5.74) is 1.00. The highest BCUT2D eigenvalue weighted by molar-refractivity contribution is 5.85. The molecule has 0 bridgehead atoms. The van der Waals surface area contributed by atoms with E-state index in [2.05, 4.69) is 4.98 Å². The summed E-state index contributed by atoms with van der Waals surface area (Å²) in [7, 11) is 0. The van der Waals surface area contributed by atoms with E-state index in [4.69, 9.17) is 4.74 Å². The van der Waals surface area contributed by atoms with Gasteiger partial charge in [-0.2, -0.15) is 0 Å². The molecular formula is C29H35F4N3O. The van der Waals surface area contributed by atoms with Crippen molar-refractivity contribution in [2.75, 3.05) is 39.5 Å². The van der Waals surface area contributed by atoms with E-state index in [1.54, 1.807) is 6.92 Å². The van der Waals surface area contributed by atoms with Gasteiger partial charge in [0.1, 0.15) is 29.7 Å². The second-order valence-corrected chi connectivity index (χ2v) is 10.9. The minimum atomic E-state index is -1.51. The van der Waals surface area contributed by atoms with Crippen LogP contribution >= 0.6 is 0 Å². The smallest absolute Gasteiger partial charge is 0.135 e. The first kappa shape index (κ1) is 26.0. The molecule has 0 aliphatic carbocycles. The van der Waals surface area contributed by atoms with Crippen LogP contribution < -0.4 is 4.74 Å². The van der Waals surface area contributed by atoms with Crippen LogP contribution in [0.3, 0.4) is 0 Å². The second kappa shape index (κ2) is 10.3. The Morgan fingerprint density at radius 1 is 1.14 bits per heavy atom. The van der Waals surface area contributed by atoms with Gasteiger partial charge in [-0.25, -0.2) is 13.2 Å². The van der Waals surface area contributed by atoms with Crippen LogP contribution in [-0.2, 0) is 6.42 Å². The number of para-hydroxylation sites is 1. The van der Waals surface area contributed by atoms with Gasteiger partial charge in [-0.1, -0.05) is 25.1 Å². The number of aromatic nitrogens is 1. The summed E-state index contributed by atoms with van der Waals surface area (Å²) < 4.78 is 65.0. The molecule has 200 valence electrons. The molecule has 1 fully saturated rings. The zero-order valence-corrected chi connectivity index (χ0v) is 21.7. The van der Waals surface area contributed by atoms with Crippen molar-refractivity contribution >= 4 is 10.9 Å². The maximum absolute atomic E-state index is 15.7.